The number of hydrogen-bond acceptors (Lipinski definition) is 3. The molecule has 2 aromatic carbocycles. The van der Waals surface area contributed by atoms with Gasteiger partial charge in [0.1, 0.15) is 0 Å². The number of rotatable bonds is 5. The van der Waals surface area contributed by atoms with Crippen molar-refractivity contribution in [1.29, 1.82) is 0 Å². The van der Waals surface area contributed by atoms with E-state index in [4.69, 9.17) is 0 Å². The minimum absolute atomic E-state index is 0. The van der Waals surface area contributed by atoms with Gasteiger partial charge in [-0.2, -0.15) is 0 Å². The Kier molecular flexibility index (Phi) is 7.40. The summed E-state index contributed by atoms with van der Waals surface area (Å²) in [6, 6.07) is 14.8. The van der Waals surface area contributed by atoms with Crippen LogP contribution < -0.4 is 5.32 Å². The smallest absolute Gasteiger partial charge is 0.232 e. The van der Waals surface area contributed by atoms with Crippen molar-refractivity contribution in [3.8, 4) is 0 Å². The highest BCUT2D eigenvalue weighted by molar-refractivity contribution is 8.00. The number of nitrogens with zero attached hydrogens (tertiary/aromatic N) is 1. The summed E-state index contributed by atoms with van der Waals surface area (Å²) in [4.78, 5) is 15.7. The molecule has 1 amide bonds. The summed E-state index contributed by atoms with van der Waals surface area (Å²) in [5, 5.41) is 5.71. The van der Waals surface area contributed by atoms with E-state index in [2.05, 4.69) is 47.8 Å². The van der Waals surface area contributed by atoms with Crippen molar-refractivity contribution in [3.63, 3.8) is 0 Å². The molecule has 0 aliphatic carbocycles. The third-order valence-corrected chi connectivity index (χ3v) is 5.43. The fourth-order valence-electron chi connectivity index (χ4n) is 3.24. The van der Waals surface area contributed by atoms with Gasteiger partial charge in [0, 0.05) is 18.0 Å². The first-order chi connectivity index (χ1) is 11.3. The van der Waals surface area contributed by atoms with Crippen LogP contribution in [0.25, 0.3) is 10.8 Å². The van der Waals surface area contributed by atoms with Crippen molar-refractivity contribution in [1.82, 2.24) is 10.2 Å². The third kappa shape index (κ3) is 4.88. The maximum absolute atomic E-state index is 12.5. The molecule has 0 aromatic heterocycles. The minimum atomic E-state index is 0. The lowest BCUT2D eigenvalue weighted by atomic mass is 9.98. The van der Waals surface area contributed by atoms with Gasteiger partial charge in [-0.25, -0.2) is 0 Å². The largest absolute Gasteiger partial charge is 0.342 e. The molecule has 1 N–H and O–H groups in total. The van der Waals surface area contributed by atoms with Gasteiger partial charge in [-0.1, -0.05) is 30.3 Å². The lowest BCUT2D eigenvalue weighted by Crippen LogP contribution is -2.43. The average molecular weight is 365 g/mol. The zero-order valence-electron chi connectivity index (χ0n) is 14.0. The number of fused-ring (bicyclic) bond motifs is 1. The Morgan fingerprint density at radius 2 is 2.04 bits per heavy atom. The van der Waals surface area contributed by atoms with Gasteiger partial charge in [-0.05, 0) is 55.3 Å². The number of hydrogen-bond donors (Lipinski definition) is 1. The molecule has 1 saturated heterocycles. The fourth-order valence-corrected chi connectivity index (χ4v) is 4.09. The summed E-state index contributed by atoms with van der Waals surface area (Å²) in [5.74, 6) is 1.40. The van der Waals surface area contributed by atoms with Crippen LogP contribution in [-0.2, 0) is 4.79 Å². The van der Waals surface area contributed by atoms with E-state index in [1.54, 1.807) is 11.8 Å². The van der Waals surface area contributed by atoms with Crippen LogP contribution in [0.4, 0.5) is 0 Å². The molecule has 1 heterocycles. The summed E-state index contributed by atoms with van der Waals surface area (Å²) < 4.78 is 0. The molecule has 2 aromatic rings. The van der Waals surface area contributed by atoms with Crippen LogP contribution in [0.5, 0.6) is 0 Å². The summed E-state index contributed by atoms with van der Waals surface area (Å²) in [7, 11) is 1.98. The summed E-state index contributed by atoms with van der Waals surface area (Å²) in [6.07, 6.45) is 2.35. The second kappa shape index (κ2) is 9.30. The minimum Gasteiger partial charge on any atom is -0.342 e. The van der Waals surface area contributed by atoms with Crippen LogP contribution in [0.15, 0.2) is 47.4 Å². The van der Waals surface area contributed by atoms with E-state index in [0.29, 0.717) is 11.7 Å². The van der Waals surface area contributed by atoms with E-state index >= 15 is 0 Å². The highest BCUT2D eigenvalue weighted by Crippen LogP contribution is 2.24. The zero-order chi connectivity index (χ0) is 16.1. The van der Waals surface area contributed by atoms with Crippen molar-refractivity contribution < 1.29 is 4.79 Å². The number of benzene rings is 2. The molecule has 5 heteroatoms. The van der Waals surface area contributed by atoms with Gasteiger partial charge in [0.2, 0.25) is 5.91 Å². The molecule has 0 radical (unpaired) electrons. The zero-order valence-corrected chi connectivity index (χ0v) is 15.7. The first kappa shape index (κ1) is 19.1. The van der Waals surface area contributed by atoms with E-state index in [1.807, 2.05) is 11.9 Å². The van der Waals surface area contributed by atoms with Crippen LogP contribution in [0, 0.1) is 5.92 Å². The molecule has 0 bridgehead atoms. The Labute approximate surface area is 154 Å². The topological polar surface area (TPSA) is 32.3 Å². The number of piperidine rings is 1. The molecule has 3 nitrogen and oxygen atoms in total. The number of carbonyl (C=O) groups excluding carboxylic acids is 1. The average Bonchev–Trinajstić information content (AvgIpc) is 2.60. The molecule has 1 fully saturated rings. The lowest BCUT2D eigenvalue weighted by molar-refractivity contribution is -0.130. The second-order valence-corrected chi connectivity index (χ2v) is 7.25. The van der Waals surface area contributed by atoms with E-state index in [9.17, 15) is 4.79 Å². The quantitative estimate of drug-likeness (QED) is 0.819. The molecule has 1 aliphatic rings. The summed E-state index contributed by atoms with van der Waals surface area (Å²) in [5.41, 5.74) is 0. The summed E-state index contributed by atoms with van der Waals surface area (Å²) in [6.45, 7) is 2.82. The third-order valence-electron chi connectivity index (χ3n) is 4.45. The molecular weight excluding hydrogens is 340 g/mol. The fraction of sp³-hybridized carbons (Fsp3) is 0.421. The van der Waals surface area contributed by atoms with Crippen molar-refractivity contribution in [2.45, 2.75) is 17.7 Å². The first-order valence-corrected chi connectivity index (χ1v) is 9.29. The molecule has 0 saturated carbocycles. The normalized spacial score (nSPS) is 17.5. The monoisotopic (exact) mass is 364 g/mol. The number of likely N-dealkylation sites (tertiary alicyclic amines) is 1. The molecule has 1 aliphatic heterocycles. The van der Waals surface area contributed by atoms with Gasteiger partial charge >= 0.3 is 0 Å². The maximum atomic E-state index is 12.5. The van der Waals surface area contributed by atoms with E-state index < -0.39 is 0 Å². The van der Waals surface area contributed by atoms with Crippen LogP contribution >= 0.6 is 24.2 Å². The number of halogens is 1. The SMILES string of the molecule is CNCC1CCCN(C(=O)CSc2ccc3ccccc3c2)C1.Cl. The van der Waals surface area contributed by atoms with E-state index in [-0.39, 0.29) is 18.3 Å². The van der Waals surface area contributed by atoms with Gasteiger partial charge in [0.15, 0.2) is 0 Å². The van der Waals surface area contributed by atoms with Gasteiger partial charge in [0.05, 0.1) is 5.75 Å². The first-order valence-electron chi connectivity index (χ1n) is 8.30. The Morgan fingerprint density at radius 1 is 1.25 bits per heavy atom. The van der Waals surface area contributed by atoms with Gasteiger partial charge in [0.25, 0.3) is 0 Å². The standard InChI is InChI=1S/C19H24N2OS.ClH/c1-20-12-15-5-4-10-21(13-15)19(22)14-23-18-9-8-16-6-2-3-7-17(16)11-18;/h2-3,6-9,11,15,20H,4-5,10,12-14H2,1H3;1H. The molecule has 0 spiro atoms. The molecule has 1 unspecified atom stereocenters. The highest BCUT2D eigenvalue weighted by atomic mass is 35.5. The predicted octanol–water partition coefficient (Wildman–Crippen LogP) is 3.81. The lowest BCUT2D eigenvalue weighted by Gasteiger charge is -2.32. The number of thioether (sulfide) groups is 1. The van der Waals surface area contributed by atoms with Crippen LogP contribution in [-0.4, -0.2) is 43.2 Å². The molecular formula is C19H25ClN2OS. The molecule has 130 valence electrons. The number of amides is 1. The number of nitrogens with one attached hydrogen (secondary N) is 1. The van der Waals surface area contributed by atoms with E-state index in [1.165, 1.54) is 22.1 Å². The predicted molar refractivity (Wildman–Crippen MR) is 105 cm³/mol. The van der Waals surface area contributed by atoms with Crippen molar-refractivity contribution >= 4 is 40.8 Å². The summed E-state index contributed by atoms with van der Waals surface area (Å²) >= 11 is 1.64. The van der Waals surface area contributed by atoms with Crippen LogP contribution in [0.1, 0.15) is 12.8 Å². The molecule has 1 atom stereocenters. The molecule has 24 heavy (non-hydrogen) atoms. The van der Waals surface area contributed by atoms with Gasteiger partial charge < -0.3 is 10.2 Å². The Bertz CT molecular complexity index is 677. The number of carbonyl (C=O) groups is 1. The highest BCUT2D eigenvalue weighted by Gasteiger charge is 2.22. The van der Waals surface area contributed by atoms with E-state index in [0.717, 1.165) is 26.1 Å². The van der Waals surface area contributed by atoms with Crippen LogP contribution in [0.3, 0.4) is 0 Å². The Balaban J connectivity index is 0.00000208. The van der Waals surface area contributed by atoms with Crippen LogP contribution in [0.2, 0.25) is 0 Å². The second-order valence-electron chi connectivity index (χ2n) is 6.20. The van der Waals surface area contributed by atoms with Crippen molar-refractivity contribution in [2.24, 2.45) is 5.92 Å². The Hall–Kier alpha value is -1.23. The maximum Gasteiger partial charge on any atom is 0.232 e. The molecule has 3 rings (SSSR count). The van der Waals surface area contributed by atoms with Gasteiger partial charge in [-0.15, -0.1) is 24.2 Å². The van der Waals surface area contributed by atoms with Crippen molar-refractivity contribution in [2.75, 3.05) is 32.4 Å². The van der Waals surface area contributed by atoms with Crippen molar-refractivity contribution in [3.05, 3.63) is 42.5 Å². The van der Waals surface area contributed by atoms with Gasteiger partial charge in [-0.3, -0.25) is 4.79 Å². The Morgan fingerprint density at radius 3 is 2.83 bits per heavy atom.